The van der Waals surface area contributed by atoms with Crippen molar-refractivity contribution in [1.82, 2.24) is 9.55 Å². The van der Waals surface area contributed by atoms with Crippen LogP contribution in [0.4, 0.5) is 0 Å². The molecule has 1 saturated carbocycles. The SMILES string of the molecule is COc1ccc(Cn2c(C3CCCCC3)nc3oc4ccc(Br)cc4c(=O)c3c2=O)cc1. The van der Waals surface area contributed by atoms with Crippen LogP contribution in [0.15, 0.2) is 60.9 Å². The van der Waals surface area contributed by atoms with Crippen molar-refractivity contribution in [3.8, 4) is 5.75 Å². The maximum Gasteiger partial charge on any atom is 0.269 e. The van der Waals surface area contributed by atoms with Crippen LogP contribution in [0.1, 0.15) is 49.4 Å². The molecule has 0 N–H and O–H groups in total. The molecule has 0 saturated heterocycles. The third-order valence-corrected chi connectivity index (χ3v) is 6.75. The summed E-state index contributed by atoms with van der Waals surface area (Å²) in [5, 5.41) is 0.371. The van der Waals surface area contributed by atoms with Gasteiger partial charge in [-0.15, -0.1) is 0 Å². The lowest BCUT2D eigenvalue weighted by atomic mass is 9.88. The van der Waals surface area contributed by atoms with Crippen LogP contribution < -0.4 is 15.7 Å². The second-order valence-corrected chi connectivity index (χ2v) is 9.21. The van der Waals surface area contributed by atoms with E-state index < -0.39 is 0 Å². The standard InChI is InChI=1S/C25H23BrN2O4/c1-31-18-10-7-15(8-11-18)14-28-23(16-5-3-2-4-6-16)27-24-21(25(28)30)22(29)19-13-17(26)9-12-20(19)32-24/h7-13,16H,2-6,14H2,1H3. The highest BCUT2D eigenvalue weighted by molar-refractivity contribution is 9.10. The average Bonchev–Trinajstić information content (AvgIpc) is 2.82. The quantitative estimate of drug-likeness (QED) is 0.356. The van der Waals surface area contributed by atoms with Crippen LogP contribution in [-0.2, 0) is 6.54 Å². The van der Waals surface area contributed by atoms with Crippen LogP contribution in [0.5, 0.6) is 5.75 Å². The van der Waals surface area contributed by atoms with Crippen molar-refractivity contribution in [3.05, 3.63) is 78.9 Å². The zero-order valence-corrected chi connectivity index (χ0v) is 19.4. The van der Waals surface area contributed by atoms with Gasteiger partial charge < -0.3 is 9.15 Å². The summed E-state index contributed by atoms with van der Waals surface area (Å²) in [5.74, 6) is 1.63. The highest BCUT2D eigenvalue weighted by Crippen LogP contribution is 2.32. The molecule has 6 nitrogen and oxygen atoms in total. The average molecular weight is 495 g/mol. The van der Waals surface area contributed by atoms with Gasteiger partial charge in [0.2, 0.25) is 11.1 Å². The van der Waals surface area contributed by atoms with Gasteiger partial charge in [-0.25, -0.2) is 0 Å². The Kier molecular flexibility index (Phi) is 5.59. The summed E-state index contributed by atoms with van der Waals surface area (Å²) in [6.45, 7) is 0.341. The minimum Gasteiger partial charge on any atom is -0.497 e. The molecule has 2 aromatic heterocycles. The Morgan fingerprint density at radius 3 is 2.56 bits per heavy atom. The number of fused-ring (bicyclic) bond motifs is 2. The van der Waals surface area contributed by atoms with Crippen LogP contribution in [0.2, 0.25) is 0 Å². The van der Waals surface area contributed by atoms with E-state index in [9.17, 15) is 9.59 Å². The first kappa shape index (κ1) is 20.9. The molecule has 1 fully saturated rings. The van der Waals surface area contributed by atoms with Gasteiger partial charge in [0.05, 0.1) is 19.0 Å². The minimum atomic E-state index is -0.348. The van der Waals surface area contributed by atoms with Gasteiger partial charge >= 0.3 is 0 Å². The smallest absolute Gasteiger partial charge is 0.269 e. The van der Waals surface area contributed by atoms with E-state index in [4.69, 9.17) is 14.1 Å². The van der Waals surface area contributed by atoms with E-state index in [-0.39, 0.29) is 28.0 Å². The van der Waals surface area contributed by atoms with Crippen molar-refractivity contribution < 1.29 is 9.15 Å². The summed E-state index contributed by atoms with van der Waals surface area (Å²) in [5.41, 5.74) is 0.807. The van der Waals surface area contributed by atoms with E-state index in [1.165, 1.54) is 6.42 Å². The van der Waals surface area contributed by atoms with Crippen LogP contribution >= 0.6 is 15.9 Å². The molecule has 0 aliphatic heterocycles. The molecule has 4 aromatic rings. The third kappa shape index (κ3) is 3.75. The lowest BCUT2D eigenvalue weighted by Crippen LogP contribution is -2.31. The lowest BCUT2D eigenvalue weighted by molar-refractivity contribution is 0.410. The van der Waals surface area contributed by atoms with Gasteiger partial charge in [-0.05, 0) is 48.7 Å². The Bertz CT molecular complexity index is 1420. The Morgan fingerprint density at radius 1 is 1.09 bits per heavy atom. The predicted octanol–water partition coefficient (Wildman–Crippen LogP) is 5.37. The molecule has 0 spiro atoms. The fraction of sp³-hybridized carbons (Fsp3) is 0.320. The number of ether oxygens (including phenoxy) is 1. The molecular formula is C25H23BrN2O4. The first-order chi connectivity index (χ1) is 15.5. The van der Waals surface area contributed by atoms with E-state index in [1.54, 1.807) is 23.8 Å². The van der Waals surface area contributed by atoms with Gasteiger partial charge in [-0.1, -0.05) is 47.3 Å². The van der Waals surface area contributed by atoms with E-state index in [0.717, 1.165) is 41.5 Å². The number of halogens is 1. The molecule has 5 rings (SSSR count). The van der Waals surface area contributed by atoms with Crippen molar-refractivity contribution in [3.63, 3.8) is 0 Å². The molecule has 0 unspecified atom stereocenters. The molecule has 2 heterocycles. The Hall–Kier alpha value is -2.93. The first-order valence-corrected chi connectivity index (χ1v) is 11.6. The maximum atomic E-state index is 13.7. The summed E-state index contributed by atoms with van der Waals surface area (Å²) >= 11 is 3.39. The van der Waals surface area contributed by atoms with Gasteiger partial charge in [-0.2, -0.15) is 4.98 Å². The van der Waals surface area contributed by atoms with Gasteiger partial charge in [0.1, 0.15) is 17.2 Å². The number of methoxy groups -OCH3 is 1. The highest BCUT2D eigenvalue weighted by Gasteiger charge is 2.25. The molecular weight excluding hydrogens is 472 g/mol. The minimum absolute atomic E-state index is 0.00340. The maximum absolute atomic E-state index is 13.7. The lowest BCUT2D eigenvalue weighted by Gasteiger charge is -2.24. The van der Waals surface area contributed by atoms with E-state index in [1.807, 2.05) is 30.3 Å². The zero-order valence-electron chi connectivity index (χ0n) is 17.8. The number of hydrogen-bond donors (Lipinski definition) is 0. The molecule has 7 heteroatoms. The fourth-order valence-electron chi connectivity index (χ4n) is 4.57. The van der Waals surface area contributed by atoms with Crippen molar-refractivity contribution in [2.24, 2.45) is 0 Å². The first-order valence-electron chi connectivity index (χ1n) is 10.8. The van der Waals surface area contributed by atoms with E-state index in [2.05, 4.69) is 15.9 Å². The molecule has 32 heavy (non-hydrogen) atoms. The van der Waals surface area contributed by atoms with Gasteiger partial charge in [0.15, 0.2) is 5.39 Å². The number of rotatable bonds is 4. The van der Waals surface area contributed by atoms with E-state index in [0.29, 0.717) is 23.3 Å². The number of hydrogen-bond acceptors (Lipinski definition) is 5. The zero-order chi connectivity index (χ0) is 22.2. The molecule has 0 amide bonds. The molecule has 0 bridgehead atoms. The number of benzene rings is 2. The fourth-order valence-corrected chi connectivity index (χ4v) is 4.93. The molecule has 0 radical (unpaired) electrons. The number of nitrogens with zero attached hydrogens (tertiary/aromatic N) is 2. The molecule has 1 aliphatic carbocycles. The van der Waals surface area contributed by atoms with Crippen LogP contribution in [0.25, 0.3) is 22.1 Å². The second kappa shape index (κ2) is 8.54. The van der Waals surface area contributed by atoms with Crippen molar-refractivity contribution in [1.29, 1.82) is 0 Å². The molecule has 1 aliphatic rings. The second-order valence-electron chi connectivity index (χ2n) is 8.30. The van der Waals surface area contributed by atoms with Crippen molar-refractivity contribution in [2.75, 3.05) is 7.11 Å². The van der Waals surface area contributed by atoms with Gasteiger partial charge in [0, 0.05) is 10.4 Å². The normalized spacial score (nSPS) is 14.8. The van der Waals surface area contributed by atoms with Gasteiger partial charge in [-0.3, -0.25) is 14.2 Å². The summed E-state index contributed by atoms with van der Waals surface area (Å²) < 4.78 is 13.6. The summed E-state index contributed by atoms with van der Waals surface area (Å²) in [4.78, 5) is 31.8. The number of aromatic nitrogens is 2. The monoisotopic (exact) mass is 494 g/mol. The topological polar surface area (TPSA) is 74.3 Å². The van der Waals surface area contributed by atoms with E-state index >= 15 is 0 Å². The molecule has 0 atom stereocenters. The largest absolute Gasteiger partial charge is 0.497 e. The summed E-state index contributed by atoms with van der Waals surface area (Å²) in [6.07, 6.45) is 5.37. The summed E-state index contributed by atoms with van der Waals surface area (Å²) in [7, 11) is 1.62. The predicted molar refractivity (Wildman–Crippen MR) is 128 cm³/mol. The van der Waals surface area contributed by atoms with Gasteiger partial charge in [0.25, 0.3) is 5.56 Å². The van der Waals surface area contributed by atoms with Crippen LogP contribution in [-0.4, -0.2) is 16.7 Å². The Balaban J connectivity index is 1.75. The molecule has 2 aromatic carbocycles. The third-order valence-electron chi connectivity index (χ3n) is 6.26. The van der Waals surface area contributed by atoms with Crippen LogP contribution in [0, 0.1) is 0 Å². The van der Waals surface area contributed by atoms with Crippen molar-refractivity contribution >= 4 is 38.0 Å². The van der Waals surface area contributed by atoms with Crippen LogP contribution in [0.3, 0.4) is 0 Å². The summed E-state index contributed by atoms with van der Waals surface area (Å²) in [6, 6.07) is 12.8. The Labute approximate surface area is 193 Å². The highest BCUT2D eigenvalue weighted by atomic mass is 79.9. The van der Waals surface area contributed by atoms with Crippen molar-refractivity contribution in [2.45, 2.75) is 44.6 Å². The molecule has 164 valence electrons. The Morgan fingerprint density at radius 2 is 1.84 bits per heavy atom.